The van der Waals surface area contributed by atoms with E-state index in [0.717, 1.165) is 31.9 Å². The standard InChI is InChI=1S/C18H21Cl2N3O3S/c1-22-9-11-23(12-10-22)14-5-3-13(4-6-14)21-27(24,25)16-8-7-15(26-2)17(19)18(16)20/h3-8,21H,9-12H2,1-2H3. The first-order valence-corrected chi connectivity index (χ1v) is 10.6. The van der Waals surface area contributed by atoms with Crippen molar-refractivity contribution in [3.05, 3.63) is 46.4 Å². The molecule has 0 radical (unpaired) electrons. The summed E-state index contributed by atoms with van der Waals surface area (Å²) in [5.41, 5.74) is 1.52. The second-order valence-corrected chi connectivity index (χ2v) is 8.74. The summed E-state index contributed by atoms with van der Waals surface area (Å²) < 4.78 is 33.0. The van der Waals surface area contributed by atoms with Crippen LogP contribution >= 0.6 is 23.2 Å². The first kappa shape index (κ1) is 20.1. The molecule has 0 unspecified atom stereocenters. The van der Waals surface area contributed by atoms with Gasteiger partial charge >= 0.3 is 0 Å². The van der Waals surface area contributed by atoms with Crippen LogP contribution < -0.4 is 14.4 Å². The lowest BCUT2D eigenvalue weighted by Crippen LogP contribution is -2.44. The van der Waals surface area contributed by atoms with Crippen LogP contribution in [-0.4, -0.2) is 53.7 Å². The van der Waals surface area contributed by atoms with Crippen molar-refractivity contribution in [3.63, 3.8) is 0 Å². The summed E-state index contributed by atoms with van der Waals surface area (Å²) in [6.07, 6.45) is 0. The number of methoxy groups -OCH3 is 1. The zero-order valence-electron chi connectivity index (χ0n) is 15.1. The van der Waals surface area contributed by atoms with Crippen LogP contribution in [-0.2, 0) is 10.0 Å². The Balaban J connectivity index is 1.77. The summed E-state index contributed by atoms with van der Waals surface area (Å²) in [6, 6.07) is 10.1. The zero-order valence-corrected chi connectivity index (χ0v) is 17.4. The lowest BCUT2D eigenvalue weighted by molar-refractivity contribution is 0.313. The summed E-state index contributed by atoms with van der Waals surface area (Å²) >= 11 is 12.2. The van der Waals surface area contributed by atoms with Gasteiger partial charge in [-0.05, 0) is 43.4 Å². The van der Waals surface area contributed by atoms with Gasteiger partial charge in [0.25, 0.3) is 10.0 Å². The summed E-state index contributed by atoms with van der Waals surface area (Å²) in [4.78, 5) is 4.46. The fourth-order valence-corrected chi connectivity index (χ4v) is 4.79. The van der Waals surface area contributed by atoms with E-state index in [4.69, 9.17) is 27.9 Å². The van der Waals surface area contributed by atoms with Gasteiger partial charge < -0.3 is 14.5 Å². The summed E-state index contributed by atoms with van der Waals surface area (Å²) in [5, 5.41) is -0.00923. The summed E-state index contributed by atoms with van der Waals surface area (Å²) in [6.45, 7) is 3.90. The first-order valence-electron chi connectivity index (χ1n) is 8.40. The molecule has 2 aromatic carbocycles. The number of rotatable bonds is 5. The van der Waals surface area contributed by atoms with E-state index in [1.165, 1.54) is 19.2 Å². The van der Waals surface area contributed by atoms with Crippen molar-refractivity contribution in [3.8, 4) is 5.75 Å². The summed E-state index contributed by atoms with van der Waals surface area (Å²) in [7, 11) is -0.339. The SMILES string of the molecule is COc1ccc(S(=O)(=O)Nc2ccc(N3CCN(C)CC3)cc2)c(Cl)c1Cl. The quantitative estimate of drug-likeness (QED) is 0.786. The molecule has 0 spiro atoms. The molecule has 27 heavy (non-hydrogen) atoms. The molecular formula is C18H21Cl2N3O3S. The largest absolute Gasteiger partial charge is 0.495 e. The Kier molecular flexibility index (Phi) is 6.05. The van der Waals surface area contributed by atoms with E-state index in [1.54, 1.807) is 12.1 Å². The molecule has 1 fully saturated rings. The van der Waals surface area contributed by atoms with Gasteiger partial charge in [-0.3, -0.25) is 4.72 Å². The Bertz CT molecular complexity index is 912. The van der Waals surface area contributed by atoms with Crippen LogP contribution in [0.4, 0.5) is 11.4 Å². The van der Waals surface area contributed by atoms with Gasteiger partial charge in [0.2, 0.25) is 0 Å². The molecule has 6 nitrogen and oxygen atoms in total. The molecule has 1 N–H and O–H groups in total. The number of nitrogens with zero attached hydrogens (tertiary/aromatic N) is 2. The topological polar surface area (TPSA) is 61.9 Å². The highest BCUT2D eigenvalue weighted by Gasteiger charge is 2.22. The van der Waals surface area contributed by atoms with E-state index in [1.807, 2.05) is 12.1 Å². The average Bonchev–Trinajstić information content (AvgIpc) is 2.65. The van der Waals surface area contributed by atoms with E-state index in [-0.39, 0.29) is 14.9 Å². The fraction of sp³-hybridized carbons (Fsp3) is 0.333. The molecule has 0 aliphatic carbocycles. The van der Waals surface area contributed by atoms with Gasteiger partial charge in [-0.2, -0.15) is 0 Å². The normalized spacial score (nSPS) is 15.6. The first-order chi connectivity index (χ1) is 12.8. The van der Waals surface area contributed by atoms with E-state index >= 15 is 0 Å². The van der Waals surface area contributed by atoms with Gasteiger partial charge in [-0.1, -0.05) is 23.2 Å². The molecule has 1 saturated heterocycles. The van der Waals surface area contributed by atoms with Crippen LogP contribution in [0.25, 0.3) is 0 Å². The average molecular weight is 430 g/mol. The van der Waals surface area contributed by atoms with E-state index < -0.39 is 10.0 Å². The molecule has 0 bridgehead atoms. The van der Waals surface area contributed by atoms with Crippen molar-refractivity contribution < 1.29 is 13.2 Å². The number of ether oxygens (including phenoxy) is 1. The predicted molar refractivity (Wildman–Crippen MR) is 110 cm³/mol. The highest BCUT2D eigenvalue weighted by atomic mass is 35.5. The highest BCUT2D eigenvalue weighted by Crippen LogP contribution is 2.37. The van der Waals surface area contributed by atoms with Crippen LogP contribution in [0.15, 0.2) is 41.3 Å². The maximum absolute atomic E-state index is 12.7. The van der Waals surface area contributed by atoms with Crippen molar-refractivity contribution in [2.24, 2.45) is 0 Å². The van der Waals surface area contributed by atoms with Gasteiger partial charge in [0, 0.05) is 37.6 Å². The number of hydrogen-bond acceptors (Lipinski definition) is 5. The number of nitrogens with one attached hydrogen (secondary N) is 1. The molecular weight excluding hydrogens is 409 g/mol. The molecule has 0 aromatic heterocycles. The van der Waals surface area contributed by atoms with E-state index in [2.05, 4.69) is 21.6 Å². The van der Waals surface area contributed by atoms with Crippen molar-refractivity contribution in [2.45, 2.75) is 4.90 Å². The van der Waals surface area contributed by atoms with Gasteiger partial charge in [0.05, 0.1) is 12.1 Å². The molecule has 2 aromatic rings. The van der Waals surface area contributed by atoms with Gasteiger partial charge in [0.1, 0.15) is 15.7 Å². The Labute approximate surface area is 169 Å². The molecule has 146 valence electrons. The van der Waals surface area contributed by atoms with Crippen molar-refractivity contribution in [2.75, 3.05) is 50.0 Å². The number of benzene rings is 2. The Morgan fingerprint density at radius 1 is 0.963 bits per heavy atom. The fourth-order valence-electron chi connectivity index (χ4n) is 2.89. The third kappa shape index (κ3) is 4.43. The molecule has 1 aliphatic heterocycles. The number of sulfonamides is 1. The number of hydrogen-bond donors (Lipinski definition) is 1. The second-order valence-electron chi connectivity index (χ2n) is 6.34. The molecule has 3 rings (SSSR count). The highest BCUT2D eigenvalue weighted by molar-refractivity contribution is 7.92. The van der Waals surface area contributed by atoms with Crippen LogP contribution in [0.5, 0.6) is 5.75 Å². The van der Waals surface area contributed by atoms with E-state index in [0.29, 0.717) is 11.4 Å². The van der Waals surface area contributed by atoms with Crippen molar-refractivity contribution in [1.29, 1.82) is 0 Å². The van der Waals surface area contributed by atoms with Crippen LogP contribution in [0, 0.1) is 0 Å². The van der Waals surface area contributed by atoms with Crippen LogP contribution in [0.2, 0.25) is 10.0 Å². The number of likely N-dealkylation sites (N-methyl/N-ethyl adjacent to an activating group) is 1. The monoisotopic (exact) mass is 429 g/mol. The molecule has 1 heterocycles. The molecule has 0 atom stereocenters. The second kappa shape index (κ2) is 8.14. The Hall–Kier alpha value is -1.67. The lowest BCUT2D eigenvalue weighted by atomic mass is 10.2. The maximum Gasteiger partial charge on any atom is 0.263 e. The van der Waals surface area contributed by atoms with Gasteiger partial charge in [-0.15, -0.1) is 0 Å². The Morgan fingerprint density at radius 3 is 2.19 bits per heavy atom. The smallest absolute Gasteiger partial charge is 0.263 e. The molecule has 9 heteroatoms. The van der Waals surface area contributed by atoms with Crippen LogP contribution in [0.3, 0.4) is 0 Å². The maximum atomic E-state index is 12.7. The third-order valence-corrected chi connectivity index (χ3v) is 6.91. The number of piperazine rings is 1. The van der Waals surface area contributed by atoms with Crippen molar-refractivity contribution >= 4 is 44.6 Å². The lowest BCUT2D eigenvalue weighted by Gasteiger charge is -2.34. The summed E-state index contributed by atoms with van der Waals surface area (Å²) in [5.74, 6) is 0.317. The number of anilines is 2. The Morgan fingerprint density at radius 2 is 1.59 bits per heavy atom. The molecule has 0 amide bonds. The van der Waals surface area contributed by atoms with Crippen LogP contribution in [0.1, 0.15) is 0 Å². The predicted octanol–water partition coefficient (Wildman–Crippen LogP) is 3.55. The minimum atomic E-state index is -3.88. The molecule has 1 aliphatic rings. The molecule has 0 saturated carbocycles. The minimum absolute atomic E-state index is 0.0625. The third-order valence-electron chi connectivity index (χ3n) is 4.51. The van der Waals surface area contributed by atoms with Gasteiger partial charge in [-0.25, -0.2) is 8.42 Å². The zero-order chi connectivity index (χ0) is 19.6. The van der Waals surface area contributed by atoms with E-state index in [9.17, 15) is 8.42 Å². The number of halogens is 2. The van der Waals surface area contributed by atoms with Crippen molar-refractivity contribution in [1.82, 2.24) is 4.90 Å². The minimum Gasteiger partial charge on any atom is -0.495 e. The van der Waals surface area contributed by atoms with Gasteiger partial charge in [0.15, 0.2) is 0 Å².